The number of para-hydroxylation sites is 1. The number of hydrogen-bond donors (Lipinski definition) is 2. The molecule has 0 unspecified atom stereocenters. The molecule has 2 N–H and O–H groups in total. The molecule has 2 aromatic rings. The average molecular weight is 374 g/mol. The molecule has 0 atom stereocenters. The molecule has 0 amide bonds. The summed E-state index contributed by atoms with van der Waals surface area (Å²) < 4.78 is 41.6. The lowest BCUT2D eigenvalue weighted by Crippen LogP contribution is -2.15. The third-order valence-electron chi connectivity index (χ3n) is 2.95. The second-order valence-corrected chi connectivity index (χ2v) is 6.95. The number of aliphatic hydroxyl groups excluding tert-OH is 1. The third-order valence-corrected chi connectivity index (χ3v) is 5.13. The fraction of sp³-hybridized carbons (Fsp3) is 0.143. The Bertz CT molecular complexity index is 778. The molecule has 0 aromatic heterocycles. The van der Waals surface area contributed by atoms with E-state index in [0.717, 1.165) is 6.07 Å². The average Bonchev–Trinajstić information content (AvgIpc) is 2.43. The maximum atomic E-state index is 13.8. The standard InChI is InChI=1S/C14H13BrFNO3S/c1-9-12(16)6-10(8-18)7-14(9)21(19,20)17-13-5-3-2-4-11(13)15/h2-7,17-18H,8H2,1H3. The van der Waals surface area contributed by atoms with Crippen LogP contribution >= 0.6 is 15.9 Å². The van der Waals surface area contributed by atoms with E-state index < -0.39 is 22.4 Å². The van der Waals surface area contributed by atoms with Gasteiger partial charge in [0.15, 0.2) is 0 Å². The Hall–Kier alpha value is -1.44. The molecule has 0 fully saturated rings. The molecule has 21 heavy (non-hydrogen) atoms. The molecule has 4 nitrogen and oxygen atoms in total. The third kappa shape index (κ3) is 3.42. The molecule has 112 valence electrons. The van der Waals surface area contributed by atoms with Gasteiger partial charge < -0.3 is 5.11 Å². The van der Waals surface area contributed by atoms with Crippen LogP contribution in [0.25, 0.3) is 0 Å². The molecule has 0 heterocycles. The highest BCUT2D eigenvalue weighted by Crippen LogP contribution is 2.27. The molecule has 0 aliphatic rings. The Balaban J connectivity index is 2.50. The minimum atomic E-state index is -3.95. The lowest BCUT2D eigenvalue weighted by atomic mass is 10.1. The predicted octanol–water partition coefficient (Wildman–Crippen LogP) is 3.19. The van der Waals surface area contributed by atoms with Crippen LogP contribution in [0, 0.1) is 12.7 Å². The molecule has 0 spiro atoms. The van der Waals surface area contributed by atoms with Gasteiger partial charge in [-0.2, -0.15) is 0 Å². The van der Waals surface area contributed by atoms with Gasteiger partial charge in [0.05, 0.1) is 17.2 Å². The van der Waals surface area contributed by atoms with Crippen LogP contribution in [0.1, 0.15) is 11.1 Å². The van der Waals surface area contributed by atoms with Crippen molar-refractivity contribution in [1.29, 1.82) is 0 Å². The van der Waals surface area contributed by atoms with E-state index in [1.165, 1.54) is 13.0 Å². The molecule has 0 aliphatic heterocycles. The van der Waals surface area contributed by atoms with Crippen LogP contribution in [0.4, 0.5) is 10.1 Å². The summed E-state index contributed by atoms with van der Waals surface area (Å²) in [7, 11) is -3.95. The summed E-state index contributed by atoms with van der Waals surface area (Å²) in [5.41, 5.74) is 0.559. The summed E-state index contributed by atoms with van der Waals surface area (Å²) in [6, 6.07) is 9.09. The van der Waals surface area contributed by atoms with E-state index in [-0.39, 0.29) is 16.0 Å². The second-order valence-electron chi connectivity index (χ2n) is 4.44. The van der Waals surface area contributed by atoms with Gasteiger partial charge in [0.25, 0.3) is 10.0 Å². The molecule has 7 heteroatoms. The first-order valence-electron chi connectivity index (χ1n) is 6.02. The molecule has 2 aromatic carbocycles. The minimum Gasteiger partial charge on any atom is -0.392 e. The van der Waals surface area contributed by atoms with Gasteiger partial charge in [0, 0.05) is 10.0 Å². The highest BCUT2D eigenvalue weighted by Gasteiger charge is 2.21. The maximum absolute atomic E-state index is 13.8. The highest BCUT2D eigenvalue weighted by atomic mass is 79.9. The topological polar surface area (TPSA) is 66.4 Å². The Kier molecular flexibility index (Phi) is 4.65. The van der Waals surface area contributed by atoms with Crippen molar-refractivity contribution in [3.63, 3.8) is 0 Å². The Labute approximate surface area is 130 Å². The van der Waals surface area contributed by atoms with Gasteiger partial charge in [-0.05, 0) is 52.7 Å². The van der Waals surface area contributed by atoms with E-state index in [1.807, 2.05) is 0 Å². The first-order chi connectivity index (χ1) is 9.85. The lowest BCUT2D eigenvalue weighted by molar-refractivity contribution is 0.281. The summed E-state index contributed by atoms with van der Waals surface area (Å²) >= 11 is 3.24. The van der Waals surface area contributed by atoms with Crippen molar-refractivity contribution in [2.45, 2.75) is 18.4 Å². The Morgan fingerprint density at radius 1 is 1.29 bits per heavy atom. The van der Waals surface area contributed by atoms with Crippen molar-refractivity contribution in [2.75, 3.05) is 4.72 Å². The van der Waals surface area contributed by atoms with Crippen molar-refractivity contribution < 1.29 is 17.9 Å². The molecule has 0 saturated carbocycles. The molecular weight excluding hydrogens is 361 g/mol. The predicted molar refractivity (Wildman–Crippen MR) is 82.0 cm³/mol. The quantitative estimate of drug-likeness (QED) is 0.864. The number of aliphatic hydroxyl groups is 1. The maximum Gasteiger partial charge on any atom is 0.262 e. The van der Waals surface area contributed by atoms with Crippen molar-refractivity contribution in [1.82, 2.24) is 0 Å². The van der Waals surface area contributed by atoms with Crippen LogP contribution in [-0.2, 0) is 16.6 Å². The number of nitrogens with one attached hydrogen (secondary N) is 1. The summed E-state index contributed by atoms with van der Waals surface area (Å²) in [6.07, 6.45) is 0. The number of benzene rings is 2. The molecule has 0 bridgehead atoms. The number of sulfonamides is 1. The summed E-state index contributed by atoms with van der Waals surface area (Å²) in [6.45, 7) is 0.944. The lowest BCUT2D eigenvalue weighted by Gasteiger charge is -2.13. The van der Waals surface area contributed by atoms with Gasteiger partial charge in [0.1, 0.15) is 5.82 Å². The molecule has 0 radical (unpaired) electrons. The SMILES string of the molecule is Cc1c(F)cc(CO)cc1S(=O)(=O)Nc1ccccc1Br. The number of halogens is 2. The van der Waals surface area contributed by atoms with Crippen molar-refractivity contribution in [2.24, 2.45) is 0 Å². The van der Waals surface area contributed by atoms with Crippen LogP contribution in [0.5, 0.6) is 0 Å². The van der Waals surface area contributed by atoms with E-state index >= 15 is 0 Å². The largest absolute Gasteiger partial charge is 0.392 e. The van der Waals surface area contributed by atoms with Gasteiger partial charge in [0.2, 0.25) is 0 Å². The van der Waals surface area contributed by atoms with E-state index in [0.29, 0.717) is 10.2 Å². The fourth-order valence-electron chi connectivity index (χ4n) is 1.82. The second kappa shape index (κ2) is 6.13. The Morgan fingerprint density at radius 3 is 2.57 bits per heavy atom. The summed E-state index contributed by atoms with van der Waals surface area (Å²) in [5, 5.41) is 9.09. The van der Waals surface area contributed by atoms with Crippen LogP contribution in [0.3, 0.4) is 0 Å². The van der Waals surface area contributed by atoms with Crippen LogP contribution < -0.4 is 4.72 Å². The number of hydrogen-bond acceptors (Lipinski definition) is 3. The van der Waals surface area contributed by atoms with Gasteiger partial charge in [-0.1, -0.05) is 12.1 Å². The van der Waals surface area contributed by atoms with Crippen molar-refractivity contribution in [3.05, 3.63) is 57.8 Å². The van der Waals surface area contributed by atoms with Gasteiger partial charge in [-0.25, -0.2) is 12.8 Å². The highest BCUT2D eigenvalue weighted by molar-refractivity contribution is 9.10. The van der Waals surface area contributed by atoms with E-state index in [2.05, 4.69) is 20.7 Å². The van der Waals surface area contributed by atoms with Crippen molar-refractivity contribution in [3.8, 4) is 0 Å². The van der Waals surface area contributed by atoms with Gasteiger partial charge >= 0.3 is 0 Å². The minimum absolute atomic E-state index is 0.00625. The molecule has 0 aliphatic carbocycles. The molecular formula is C14H13BrFNO3S. The monoisotopic (exact) mass is 373 g/mol. The first-order valence-corrected chi connectivity index (χ1v) is 8.30. The van der Waals surface area contributed by atoms with E-state index in [1.54, 1.807) is 24.3 Å². The molecule has 2 rings (SSSR count). The zero-order valence-electron chi connectivity index (χ0n) is 11.1. The van der Waals surface area contributed by atoms with Crippen LogP contribution in [0.2, 0.25) is 0 Å². The summed E-state index contributed by atoms with van der Waals surface area (Å²) in [5.74, 6) is -0.672. The summed E-state index contributed by atoms with van der Waals surface area (Å²) in [4.78, 5) is -0.192. The van der Waals surface area contributed by atoms with E-state index in [4.69, 9.17) is 5.11 Å². The Morgan fingerprint density at radius 2 is 1.95 bits per heavy atom. The molecule has 0 saturated heterocycles. The normalized spacial score (nSPS) is 11.4. The van der Waals surface area contributed by atoms with E-state index in [9.17, 15) is 12.8 Å². The van der Waals surface area contributed by atoms with Crippen molar-refractivity contribution >= 4 is 31.6 Å². The van der Waals surface area contributed by atoms with Gasteiger partial charge in [-0.15, -0.1) is 0 Å². The fourth-order valence-corrected chi connectivity index (χ4v) is 3.72. The zero-order chi connectivity index (χ0) is 15.6. The van der Waals surface area contributed by atoms with Crippen LogP contribution in [-0.4, -0.2) is 13.5 Å². The zero-order valence-corrected chi connectivity index (χ0v) is 13.5. The smallest absolute Gasteiger partial charge is 0.262 e. The van der Waals surface area contributed by atoms with Crippen LogP contribution in [0.15, 0.2) is 45.8 Å². The number of rotatable bonds is 4. The number of anilines is 1. The van der Waals surface area contributed by atoms with Gasteiger partial charge in [-0.3, -0.25) is 4.72 Å². The first kappa shape index (κ1) is 15.9.